The van der Waals surface area contributed by atoms with Crippen LogP contribution in [0.3, 0.4) is 0 Å². The summed E-state index contributed by atoms with van der Waals surface area (Å²) in [7, 11) is 0. The summed E-state index contributed by atoms with van der Waals surface area (Å²) in [6, 6.07) is 0. The second-order valence-corrected chi connectivity index (χ2v) is 5.06. The second-order valence-electron chi connectivity index (χ2n) is 5.06. The minimum absolute atomic E-state index is 0.0333. The van der Waals surface area contributed by atoms with Gasteiger partial charge < -0.3 is 11.1 Å². The molecule has 0 heterocycles. The molecule has 1 rings (SSSR count). The van der Waals surface area contributed by atoms with Crippen LogP contribution in [0.4, 0.5) is 0 Å². The zero-order chi connectivity index (χ0) is 11.5. The van der Waals surface area contributed by atoms with Crippen molar-refractivity contribution in [2.75, 3.05) is 6.54 Å². The number of carbonyl (C=O) groups excluding carboxylic acids is 1. The van der Waals surface area contributed by atoms with Gasteiger partial charge in [-0.25, -0.2) is 0 Å². The van der Waals surface area contributed by atoms with Gasteiger partial charge in [0.1, 0.15) is 0 Å². The maximum Gasteiger partial charge on any atom is 0.225 e. The van der Waals surface area contributed by atoms with Gasteiger partial charge in [-0.15, -0.1) is 0 Å². The number of rotatable bonds is 5. The minimum atomic E-state index is -0.0333. The van der Waals surface area contributed by atoms with Gasteiger partial charge in [-0.3, -0.25) is 4.79 Å². The Morgan fingerprint density at radius 1 is 1.47 bits per heavy atom. The third-order valence-electron chi connectivity index (χ3n) is 3.77. The van der Waals surface area contributed by atoms with Crippen molar-refractivity contribution < 1.29 is 4.79 Å². The van der Waals surface area contributed by atoms with Crippen molar-refractivity contribution in [1.29, 1.82) is 0 Å². The van der Waals surface area contributed by atoms with Crippen molar-refractivity contribution in [3.05, 3.63) is 0 Å². The Morgan fingerprint density at radius 2 is 2.07 bits per heavy atom. The monoisotopic (exact) mass is 212 g/mol. The predicted octanol–water partition coefficient (Wildman–Crippen LogP) is 1.67. The third kappa shape index (κ3) is 2.71. The van der Waals surface area contributed by atoms with Crippen molar-refractivity contribution in [3.8, 4) is 0 Å². The normalized spacial score (nSPS) is 20.9. The molecule has 3 N–H and O–H groups in total. The Kier molecular flexibility index (Phi) is 4.14. The Balaban J connectivity index is 2.53. The largest absolute Gasteiger partial charge is 0.350 e. The van der Waals surface area contributed by atoms with E-state index in [1.165, 1.54) is 6.42 Å². The van der Waals surface area contributed by atoms with Crippen molar-refractivity contribution in [1.82, 2.24) is 5.32 Å². The van der Waals surface area contributed by atoms with Crippen molar-refractivity contribution in [2.24, 2.45) is 17.6 Å². The molecule has 0 aromatic rings. The number of nitrogens with two attached hydrogens (primary N) is 1. The maximum absolute atomic E-state index is 12.0. The molecule has 1 amide bonds. The molecule has 0 aromatic carbocycles. The van der Waals surface area contributed by atoms with Gasteiger partial charge in [-0.05, 0) is 31.6 Å². The summed E-state index contributed by atoms with van der Waals surface area (Å²) in [6.45, 7) is 6.70. The molecule has 3 heteroatoms. The molecular formula is C12H24N2O. The van der Waals surface area contributed by atoms with E-state index in [-0.39, 0.29) is 17.4 Å². The van der Waals surface area contributed by atoms with E-state index in [1.54, 1.807) is 0 Å². The van der Waals surface area contributed by atoms with Gasteiger partial charge >= 0.3 is 0 Å². The van der Waals surface area contributed by atoms with E-state index in [0.29, 0.717) is 12.5 Å². The van der Waals surface area contributed by atoms with Crippen LogP contribution in [-0.4, -0.2) is 18.0 Å². The topological polar surface area (TPSA) is 55.1 Å². The van der Waals surface area contributed by atoms with Crippen LogP contribution in [-0.2, 0) is 4.79 Å². The lowest BCUT2D eigenvalue weighted by Gasteiger charge is -2.43. The molecule has 1 aliphatic rings. The molecule has 15 heavy (non-hydrogen) atoms. The SMILES string of the molecule is CCC1(NC(=O)C(CN)C(C)C)CCC1. The van der Waals surface area contributed by atoms with Crippen LogP contribution in [0.15, 0.2) is 0 Å². The maximum atomic E-state index is 12.0. The number of hydrogen-bond donors (Lipinski definition) is 2. The van der Waals surface area contributed by atoms with Crippen LogP contribution in [0.2, 0.25) is 0 Å². The molecule has 88 valence electrons. The van der Waals surface area contributed by atoms with Crippen molar-refractivity contribution in [2.45, 2.75) is 52.0 Å². The Hall–Kier alpha value is -0.570. The fraction of sp³-hybridized carbons (Fsp3) is 0.917. The van der Waals surface area contributed by atoms with Gasteiger partial charge in [0.25, 0.3) is 0 Å². The van der Waals surface area contributed by atoms with E-state index in [4.69, 9.17) is 5.73 Å². The molecule has 0 saturated heterocycles. The van der Waals surface area contributed by atoms with E-state index in [9.17, 15) is 4.79 Å². The van der Waals surface area contributed by atoms with Gasteiger partial charge in [-0.1, -0.05) is 20.8 Å². The van der Waals surface area contributed by atoms with E-state index < -0.39 is 0 Å². The summed E-state index contributed by atoms with van der Waals surface area (Å²) in [6.07, 6.45) is 4.53. The summed E-state index contributed by atoms with van der Waals surface area (Å²) >= 11 is 0. The predicted molar refractivity (Wildman–Crippen MR) is 62.4 cm³/mol. The van der Waals surface area contributed by atoms with E-state index >= 15 is 0 Å². The van der Waals surface area contributed by atoms with Crippen LogP contribution >= 0.6 is 0 Å². The van der Waals surface area contributed by atoms with Crippen LogP contribution in [0.5, 0.6) is 0 Å². The van der Waals surface area contributed by atoms with Gasteiger partial charge in [0, 0.05) is 12.1 Å². The van der Waals surface area contributed by atoms with E-state index in [0.717, 1.165) is 19.3 Å². The average molecular weight is 212 g/mol. The zero-order valence-electron chi connectivity index (χ0n) is 10.2. The van der Waals surface area contributed by atoms with Crippen LogP contribution in [0, 0.1) is 11.8 Å². The third-order valence-corrected chi connectivity index (χ3v) is 3.77. The van der Waals surface area contributed by atoms with Gasteiger partial charge in [0.2, 0.25) is 5.91 Å². The summed E-state index contributed by atoms with van der Waals surface area (Å²) in [5.41, 5.74) is 5.73. The Labute approximate surface area is 92.8 Å². The first-order valence-electron chi connectivity index (χ1n) is 6.07. The number of hydrogen-bond acceptors (Lipinski definition) is 2. The highest BCUT2D eigenvalue weighted by molar-refractivity contribution is 5.80. The number of carbonyl (C=O) groups is 1. The molecule has 1 fully saturated rings. The molecule has 1 saturated carbocycles. The fourth-order valence-electron chi connectivity index (χ4n) is 2.21. The first kappa shape index (κ1) is 12.5. The van der Waals surface area contributed by atoms with E-state index in [1.807, 2.05) is 0 Å². The Morgan fingerprint density at radius 3 is 2.33 bits per heavy atom. The summed E-state index contributed by atoms with van der Waals surface area (Å²) in [5.74, 6) is 0.437. The van der Waals surface area contributed by atoms with Crippen LogP contribution < -0.4 is 11.1 Å². The molecule has 0 aliphatic heterocycles. The standard InChI is InChI=1S/C12H24N2O/c1-4-12(6-5-7-12)14-11(15)10(8-13)9(2)3/h9-10H,4-8,13H2,1-3H3,(H,14,15). The highest BCUT2D eigenvalue weighted by Gasteiger charge is 2.37. The summed E-state index contributed by atoms with van der Waals surface area (Å²) in [5, 5.41) is 3.19. The number of nitrogens with one attached hydrogen (secondary N) is 1. The van der Waals surface area contributed by atoms with Gasteiger partial charge in [0.15, 0.2) is 0 Å². The Bertz CT molecular complexity index is 216. The first-order chi connectivity index (χ1) is 7.04. The lowest BCUT2D eigenvalue weighted by molar-refractivity contribution is -0.129. The van der Waals surface area contributed by atoms with Gasteiger partial charge in [-0.2, -0.15) is 0 Å². The molecule has 3 nitrogen and oxygen atoms in total. The number of amides is 1. The lowest BCUT2D eigenvalue weighted by Crippen LogP contribution is -2.55. The highest BCUT2D eigenvalue weighted by Crippen LogP contribution is 2.35. The molecule has 0 spiro atoms. The lowest BCUT2D eigenvalue weighted by atomic mass is 9.74. The van der Waals surface area contributed by atoms with Crippen molar-refractivity contribution >= 4 is 5.91 Å². The second kappa shape index (κ2) is 4.97. The smallest absolute Gasteiger partial charge is 0.225 e. The molecule has 0 radical (unpaired) electrons. The average Bonchev–Trinajstić information content (AvgIpc) is 2.11. The molecule has 1 atom stereocenters. The highest BCUT2D eigenvalue weighted by atomic mass is 16.2. The molecule has 0 aromatic heterocycles. The summed E-state index contributed by atoms with van der Waals surface area (Å²) in [4.78, 5) is 12.0. The van der Waals surface area contributed by atoms with Crippen molar-refractivity contribution in [3.63, 3.8) is 0 Å². The molecular weight excluding hydrogens is 188 g/mol. The van der Waals surface area contributed by atoms with Crippen LogP contribution in [0.25, 0.3) is 0 Å². The zero-order valence-corrected chi connectivity index (χ0v) is 10.2. The minimum Gasteiger partial charge on any atom is -0.350 e. The molecule has 1 unspecified atom stereocenters. The first-order valence-corrected chi connectivity index (χ1v) is 6.07. The molecule has 0 bridgehead atoms. The quantitative estimate of drug-likeness (QED) is 0.728. The van der Waals surface area contributed by atoms with Crippen LogP contribution in [0.1, 0.15) is 46.5 Å². The fourth-order valence-corrected chi connectivity index (χ4v) is 2.21. The van der Waals surface area contributed by atoms with E-state index in [2.05, 4.69) is 26.1 Å². The summed E-state index contributed by atoms with van der Waals surface area (Å²) < 4.78 is 0. The molecule has 1 aliphatic carbocycles. The van der Waals surface area contributed by atoms with Gasteiger partial charge in [0.05, 0.1) is 5.92 Å².